The number of aliphatic hydroxyl groups excluding tert-OH is 1. The summed E-state index contributed by atoms with van der Waals surface area (Å²) in [6, 6.07) is 9.18. The van der Waals surface area contributed by atoms with Crippen LogP contribution in [0.2, 0.25) is 0 Å². The maximum atomic E-state index is 9.07. The van der Waals surface area contributed by atoms with Crippen molar-refractivity contribution < 1.29 is 5.11 Å². The molecule has 2 aliphatic rings. The van der Waals surface area contributed by atoms with Gasteiger partial charge in [0.15, 0.2) is 0 Å². The van der Waals surface area contributed by atoms with Crippen LogP contribution in [0.1, 0.15) is 30.4 Å². The zero-order valence-corrected chi connectivity index (χ0v) is 11.6. The van der Waals surface area contributed by atoms with Gasteiger partial charge in [0, 0.05) is 19.1 Å². The molecule has 1 aromatic rings. The van der Waals surface area contributed by atoms with Gasteiger partial charge in [-0.15, -0.1) is 0 Å². The molecule has 2 saturated heterocycles. The van der Waals surface area contributed by atoms with Crippen LogP contribution < -0.4 is 0 Å². The van der Waals surface area contributed by atoms with Gasteiger partial charge in [-0.3, -0.25) is 9.80 Å². The third kappa shape index (κ3) is 3.16. The van der Waals surface area contributed by atoms with E-state index in [1.165, 1.54) is 51.0 Å². The molecule has 3 rings (SSSR count). The average Bonchev–Trinajstić information content (AvgIpc) is 2.79. The third-order valence-electron chi connectivity index (χ3n) is 4.50. The van der Waals surface area contributed by atoms with Gasteiger partial charge in [-0.05, 0) is 50.0 Å². The van der Waals surface area contributed by atoms with E-state index in [9.17, 15) is 0 Å². The van der Waals surface area contributed by atoms with Crippen LogP contribution in [-0.4, -0.2) is 47.1 Å². The smallest absolute Gasteiger partial charge is 0.0681 e. The molecule has 0 aromatic heterocycles. The fourth-order valence-corrected chi connectivity index (χ4v) is 3.43. The Hall–Kier alpha value is -0.900. The first kappa shape index (κ1) is 13.1. The molecule has 1 atom stereocenters. The van der Waals surface area contributed by atoms with Crippen LogP contribution in [0.4, 0.5) is 0 Å². The number of fused-ring (bicyclic) bond motifs is 1. The Balaban J connectivity index is 1.61. The summed E-state index contributed by atoms with van der Waals surface area (Å²) in [5.41, 5.74) is 2.37. The molecule has 0 amide bonds. The quantitative estimate of drug-likeness (QED) is 0.898. The summed E-state index contributed by atoms with van der Waals surface area (Å²) in [6.45, 7) is 6.22. The summed E-state index contributed by atoms with van der Waals surface area (Å²) in [7, 11) is 0. The van der Waals surface area contributed by atoms with Crippen LogP contribution in [0.25, 0.3) is 0 Å². The molecule has 3 heteroatoms. The molecule has 0 aliphatic carbocycles. The van der Waals surface area contributed by atoms with Crippen molar-refractivity contribution in [3.8, 4) is 0 Å². The highest BCUT2D eigenvalue weighted by Gasteiger charge is 2.28. The fourth-order valence-electron chi connectivity index (χ4n) is 3.43. The van der Waals surface area contributed by atoms with Gasteiger partial charge in [-0.1, -0.05) is 24.3 Å². The van der Waals surface area contributed by atoms with Gasteiger partial charge in [-0.25, -0.2) is 0 Å². The van der Waals surface area contributed by atoms with E-state index in [2.05, 4.69) is 21.9 Å². The lowest BCUT2D eigenvalue weighted by molar-refractivity contribution is 0.215. The predicted octanol–water partition coefficient (Wildman–Crippen LogP) is 1.85. The van der Waals surface area contributed by atoms with Gasteiger partial charge < -0.3 is 5.11 Å². The van der Waals surface area contributed by atoms with E-state index >= 15 is 0 Å². The van der Waals surface area contributed by atoms with E-state index in [-0.39, 0.29) is 6.61 Å². The molecule has 0 spiro atoms. The zero-order chi connectivity index (χ0) is 13.1. The molecule has 0 radical (unpaired) electrons. The SMILES string of the molecule is OCc1ccc(CN2CCCN3CCCC3C2)cc1. The lowest BCUT2D eigenvalue weighted by atomic mass is 10.1. The van der Waals surface area contributed by atoms with E-state index in [1.54, 1.807) is 0 Å². The molecule has 2 fully saturated rings. The first-order chi connectivity index (χ1) is 9.35. The van der Waals surface area contributed by atoms with Crippen molar-refractivity contribution in [2.45, 2.75) is 38.5 Å². The number of hydrogen-bond donors (Lipinski definition) is 1. The topological polar surface area (TPSA) is 26.7 Å². The highest BCUT2D eigenvalue weighted by Crippen LogP contribution is 2.22. The van der Waals surface area contributed by atoms with Crippen molar-refractivity contribution in [2.24, 2.45) is 0 Å². The molecule has 0 bridgehead atoms. The summed E-state index contributed by atoms with van der Waals surface area (Å²) in [6.07, 6.45) is 4.05. The maximum absolute atomic E-state index is 9.07. The highest BCUT2D eigenvalue weighted by molar-refractivity contribution is 5.21. The number of nitrogens with zero attached hydrogens (tertiary/aromatic N) is 2. The van der Waals surface area contributed by atoms with Gasteiger partial charge in [0.1, 0.15) is 0 Å². The van der Waals surface area contributed by atoms with E-state index in [4.69, 9.17) is 5.11 Å². The molecule has 0 saturated carbocycles. The Labute approximate surface area is 115 Å². The van der Waals surface area contributed by atoms with Crippen LogP contribution >= 0.6 is 0 Å². The van der Waals surface area contributed by atoms with Crippen LogP contribution in [0.5, 0.6) is 0 Å². The summed E-state index contributed by atoms with van der Waals surface area (Å²) < 4.78 is 0. The lowest BCUT2D eigenvalue weighted by Gasteiger charge is -2.25. The second-order valence-electron chi connectivity index (χ2n) is 5.90. The first-order valence-electron chi connectivity index (χ1n) is 7.50. The second kappa shape index (κ2) is 6.04. The number of hydrogen-bond acceptors (Lipinski definition) is 3. The molecule has 19 heavy (non-hydrogen) atoms. The molecular weight excluding hydrogens is 236 g/mol. The Morgan fingerprint density at radius 3 is 2.53 bits per heavy atom. The fraction of sp³-hybridized carbons (Fsp3) is 0.625. The first-order valence-corrected chi connectivity index (χ1v) is 7.50. The van der Waals surface area contributed by atoms with E-state index < -0.39 is 0 Å². The van der Waals surface area contributed by atoms with Crippen molar-refractivity contribution in [3.63, 3.8) is 0 Å². The maximum Gasteiger partial charge on any atom is 0.0681 e. The molecule has 104 valence electrons. The number of aliphatic hydroxyl groups is 1. The minimum atomic E-state index is 0.140. The van der Waals surface area contributed by atoms with Crippen molar-refractivity contribution in [2.75, 3.05) is 26.2 Å². The number of rotatable bonds is 3. The molecule has 1 unspecified atom stereocenters. The van der Waals surface area contributed by atoms with Crippen LogP contribution in [0.3, 0.4) is 0 Å². The summed E-state index contributed by atoms with van der Waals surface area (Å²) in [5, 5.41) is 9.07. The molecule has 2 aliphatic heterocycles. The molecule has 1 aromatic carbocycles. The second-order valence-corrected chi connectivity index (χ2v) is 5.90. The van der Waals surface area contributed by atoms with E-state index in [0.717, 1.165) is 18.2 Å². The van der Waals surface area contributed by atoms with Gasteiger partial charge >= 0.3 is 0 Å². The van der Waals surface area contributed by atoms with Gasteiger partial charge in [0.05, 0.1) is 6.61 Å². The standard InChI is InChI=1S/C16H24N2O/c19-13-15-6-4-14(5-7-15)11-17-8-2-10-18-9-1-3-16(18)12-17/h4-7,16,19H,1-3,8-13H2. The predicted molar refractivity (Wildman–Crippen MR) is 76.9 cm³/mol. The molecule has 1 N–H and O–H groups in total. The Bertz CT molecular complexity index is 404. The Morgan fingerprint density at radius 1 is 1.00 bits per heavy atom. The minimum absolute atomic E-state index is 0.140. The lowest BCUT2D eigenvalue weighted by Crippen LogP contribution is -2.36. The average molecular weight is 260 g/mol. The Morgan fingerprint density at radius 2 is 1.74 bits per heavy atom. The Kier molecular flexibility index (Phi) is 4.16. The highest BCUT2D eigenvalue weighted by atomic mass is 16.3. The summed E-state index contributed by atoms with van der Waals surface area (Å²) in [5.74, 6) is 0. The summed E-state index contributed by atoms with van der Waals surface area (Å²) in [4.78, 5) is 5.28. The van der Waals surface area contributed by atoms with Crippen molar-refractivity contribution in [1.29, 1.82) is 0 Å². The van der Waals surface area contributed by atoms with Crippen LogP contribution in [0.15, 0.2) is 24.3 Å². The van der Waals surface area contributed by atoms with Crippen LogP contribution in [0, 0.1) is 0 Å². The van der Waals surface area contributed by atoms with E-state index in [1.807, 2.05) is 12.1 Å². The van der Waals surface area contributed by atoms with Crippen molar-refractivity contribution in [3.05, 3.63) is 35.4 Å². The summed E-state index contributed by atoms with van der Waals surface area (Å²) >= 11 is 0. The van der Waals surface area contributed by atoms with Gasteiger partial charge in [0.2, 0.25) is 0 Å². The van der Waals surface area contributed by atoms with Crippen molar-refractivity contribution in [1.82, 2.24) is 9.80 Å². The monoisotopic (exact) mass is 260 g/mol. The van der Waals surface area contributed by atoms with Crippen molar-refractivity contribution >= 4 is 0 Å². The van der Waals surface area contributed by atoms with E-state index in [0.29, 0.717) is 0 Å². The molecular formula is C16H24N2O. The normalized spacial score (nSPS) is 25.2. The molecule has 3 nitrogen and oxygen atoms in total. The minimum Gasteiger partial charge on any atom is -0.392 e. The van der Waals surface area contributed by atoms with Gasteiger partial charge in [-0.2, -0.15) is 0 Å². The largest absolute Gasteiger partial charge is 0.392 e. The van der Waals surface area contributed by atoms with Crippen LogP contribution in [-0.2, 0) is 13.2 Å². The zero-order valence-electron chi connectivity index (χ0n) is 11.6. The van der Waals surface area contributed by atoms with Gasteiger partial charge in [0.25, 0.3) is 0 Å². The number of benzene rings is 1. The molecule has 2 heterocycles. The third-order valence-corrected chi connectivity index (χ3v) is 4.50.